The van der Waals surface area contributed by atoms with Crippen LogP contribution in [0.15, 0.2) is 12.4 Å². The van der Waals surface area contributed by atoms with Gasteiger partial charge in [0.05, 0.1) is 23.8 Å². The maximum Gasteiger partial charge on any atom is 0.410 e. The highest BCUT2D eigenvalue weighted by Gasteiger charge is 2.47. The summed E-state index contributed by atoms with van der Waals surface area (Å²) < 4.78 is 42.5. The molecule has 2 aromatic heterocycles. The lowest BCUT2D eigenvalue weighted by Crippen LogP contribution is -2.41. The molecular formula is C20H29F3N6. The Morgan fingerprint density at radius 1 is 1.28 bits per heavy atom. The molecule has 4 heterocycles. The Morgan fingerprint density at radius 3 is 2.72 bits per heavy atom. The number of hydrogen-bond donors (Lipinski definition) is 2. The normalized spacial score (nSPS) is 25.8. The molecule has 4 rings (SSSR count). The smallest absolute Gasteiger partial charge is 0.367 e. The third-order valence-corrected chi connectivity index (χ3v) is 6.29. The number of aromatic nitrogens is 4. The quantitative estimate of drug-likeness (QED) is 0.774. The molecule has 0 amide bonds. The molecule has 2 aliphatic rings. The van der Waals surface area contributed by atoms with Crippen molar-refractivity contribution in [2.45, 2.75) is 77.3 Å². The van der Waals surface area contributed by atoms with Crippen molar-refractivity contribution >= 4 is 5.82 Å². The molecule has 9 heteroatoms. The second-order valence-corrected chi connectivity index (χ2v) is 8.64. The van der Waals surface area contributed by atoms with Gasteiger partial charge in [-0.15, -0.1) is 0 Å². The van der Waals surface area contributed by atoms with Gasteiger partial charge >= 0.3 is 6.18 Å². The number of imidazole rings is 1. The molecule has 2 aliphatic heterocycles. The van der Waals surface area contributed by atoms with E-state index < -0.39 is 12.2 Å². The Bertz CT molecular complexity index is 840. The summed E-state index contributed by atoms with van der Waals surface area (Å²) in [6.45, 7) is 7.46. The highest BCUT2D eigenvalue weighted by molar-refractivity contribution is 5.42. The van der Waals surface area contributed by atoms with Crippen molar-refractivity contribution in [1.82, 2.24) is 24.6 Å². The van der Waals surface area contributed by atoms with E-state index in [2.05, 4.69) is 25.3 Å². The molecule has 3 atom stereocenters. The molecule has 0 unspecified atom stereocenters. The van der Waals surface area contributed by atoms with Gasteiger partial charge in [-0.2, -0.15) is 18.3 Å². The lowest BCUT2D eigenvalue weighted by Gasteiger charge is -2.35. The van der Waals surface area contributed by atoms with E-state index in [9.17, 15) is 13.2 Å². The molecule has 2 aromatic rings. The number of aryl methyl sites for hydroxylation is 1. The summed E-state index contributed by atoms with van der Waals surface area (Å²) in [4.78, 5) is 9.79. The molecule has 0 saturated carbocycles. The molecular weight excluding hydrogens is 381 g/mol. The number of likely N-dealkylation sites (tertiary alicyclic amines) is 1. The van der Waals surface area contributed by atoms with Crippen molar-refractivity contribution in [1.29, 1.82) is 0 Å². The fourth-order valence-corrected chi connectivity index (χ4v) is 4.48. The molecule has 1 fully saturated rings. The summed E-state index contributed by atoms with van der Waals surface area (Å²) in [5, 5.41) is 7.77. The second kappa shape index (κ2) is 7.66. The number of nitrogens with one attached hydrogen (secondary N) is 2. The van der Waals surface area contributed by atoms with Gasteiger partial charge in [0, 0.05) is 24.3 Å². The summed E-state index contributed by atoms with van der Waals surface area (Å²) >= 11 is 0. The molecule has 1 saturated heterocycles. The maximum atomic E-state index is 13.8. The van der Waals surface area contributed by atoms with Crippen LogP contribution in [-0.4, -0.2) is 43.4 Å². The van der Waals surface area contributed by atoms with E-state index in [1.165, 1.54) is 4.68 Å². The Kier molecular flexibility index (Phi) is 5.35. The number of alkyl halides is 3. The minimum atomic E-state index is -4.31. The molecule has 29 heavy (non-hydrogen) atoms. The summed E-state index contributed by atoms with van der Waals surface area (Å²) in [6, 6.07) is 0.0396. The van der Waals surface area contributed by atoms with Crippen LogP contribution >= 0.6 is 0 Å². The number of piperidine rings is 1. The summed E-state index contributed by atoms with van der Waals surface area (Å²) in [7, 11) is 0. The van der Waals surface area contributed by atoms with Crippen LogP contribution in [0.1, 0.15) is 68.7 Å². The Labute approximate surface area is 168 Å². The average molecular weight is 410 g/mol. The summed E-state index contributed by atoms with van der Waals surface area (Å²) in [5.41, 5.74) is 2.73. The zero-order chi connectivity index (χ0) is 20.8. The van der Waals surface area contributed by atoms with Crippen LogP contribution in [0, 0.1) is 12.8 Å². The van der Waals surface area contributed by atoms with E-state index in [0.29, 0.717) is 12.4 Å². The van der Waals surface area contributed by atoms with Crippen LogP contribution in [0.2, 0.25) is 0 Å². The van der Waals surface area contributed by atoms with E-state index in [-0.39, 0.29) is 24.4 Å². The maximum absolute atomic E-state index is 13.8. The van der Waals surface area contributed by atoms with Gasteiger partial charge < -0.3 is 10.3 Å². The molecule has 0 bridgehead atoms. The number of nitrogens with zero attached hydrogens (tertiary/aromatic N) is 4. The predicted octanol–water partition coefficient (Wildman–Crippen LogP) is 4.59. The van der Waals surface area contributed by atoms with Gasteiger partial charge in [-0.05, 0) is 38.6 Å². The third-order valence-electron chi connectivity index (χ3n) is 6.29. The lowest BCUT2D eigenvalue weighted by atomic mass is 9.94. The van der Waals surface area contributed by atoms with Crippen LogP contribution in [0.3, 0.4) is 0 Å². The molecule has 6 nitrogen and oxygen atoms in total. The van der Waals surface area contributed by atoms with Crippen LogP contribution in [-0.2, 0) is 6.54 Å². The number of H-pyrrole nitrogens is 1. The highest BCUT2D eigenvalue weighted by atomic mass is 19.4. The van der Waals surface area contributed by atoms with Crippen LogP contribution < -0.4 is 5.32 Å². The predicted molar refractivity (Wildman–Crippen MR) is 105 cm³/mol. The number of hydrogen-bond acceptors (Lipinski definition) is 4. The van der Waals surface area contributed by atoms with Crippen molar-refractivity contribution in [3.05, 3.63) is 29.5 Å². The lowest BCUT2D eigenvalue weighted by molar-refractivity contribution is -0.174. The largest absolute Gasteiger partial charge is 0.410 e. The standard InChI is InChI=1S/C20H29F3N6/c1-12(2)14-8-18(20(21,22)23)29-19(26-14)9-15(27-29)17-6-4-5-7-28(17)10-16-13(3)24-11-25-16/h9,11-12,14,17-18,26H,4-8,10H2,1-3H3,(H,24,25)/t14-,17-,18+/m0/s1. The highest BCUT2D eigenvalue weighted by Crippen LogP contribution is 2.42. The van der Waals surface area contributed by atoms with Crippen molar-refractivity contribution in [3.63, 3.8) is 0 Å². The van der Waals surface area contributed by atoms with Gasteiger partial charge in [0.25, 0.3) is 0 Å². The van der Waals surface area contributed by atoms with Crippen molar-refractivity contribution in [3.8, 4) is 0 Å². The SMILES string of the molecule is Cc1[nH]cnc1CN1CCCC[C@H]1c1cc2n(n1)[C@@H](C(F)(F)F)C[C@@H](C(C)C)N2. The van der Waals surface area contributed by atoms with E-state index in [0.717, 1.165) is 42.9 Å². The molecule has 0 radical (unpaired) electrons. The zero-order valence-corrected chi connectivity index (χ0v) is 17.1. The van der Waals surface area contributed by atoms with Crippen molar-refractivity contribution in [2.75, 3.05) is 11.9 Å². The van der Waals surface area contributed by atoms with E-state index >= 15 is 0 Å². The molecule has 2 N–H and O–H groups in total. The third kappa shape index (κ3) is 4.01. The van der Waals surface area contributed by atoms with Crippen LogP contribution in [0.25, 0.3) is 0 Å². The molecule has 160 valence electrons. The zero-order valence-electron chi connectivity index (χ0n) is 17.1. The monoisotopic (exact) mass is 410 g/mol. The first-order valence-corrected chi connectivity index (χ1v) is 10.4. The molecule has 0 aromatic carbocycles. The second-order valence-electron chi connectivity index (χ2n) is 8.64. The van der Waals surface area contributed by atoms with E-state index in [1.54, 1.807) is 6.33 Å². The van der Waals surface area contributed by atoms with Crippen LogP contribution in [0.5, 0.6) is 0 Å². The fourth-order valence-electron chi connectivity index (χ4n) is 4.48. The number of halogens is 3. The molecule has 0 aliphatic carbocycles. The van der Waals surface area contributed by atoms with Gasteiger partial charge in [-0.1, -0.05) is 20.3 Å². The minimum Gasteiger partial charge on any atom is -0.367 e. The van der Waals surface area contributed by atoms with Crippen molar-refractivity contribution in [2.24, 2.45) is 5.92 Å². The number of fused-ring (bicyclic) bond motifs is 1. The first-order chi connectivity index (χ1) is 13.7. The van der Waals surface area contributed by atoms with E-state index in [1.807, 2.05) is 26.8 Å². The fraction of sp³-hybridized carbons (Fsp3) is 0.700. The summed E-state index contributed by atoms with van der Waals surface area (Å²) in [5.74, 6) is 0.592. The Balaban J connectivity index is 1.64. The summed E-state index contributed by atoms with van der Waals surface area (Å²) in [6.07, 6.45) is 0.398. The van der Waals surface area contributed by atoms with Gasteiger partial charge in [0.15, 0.2) is 6.04 Å². The Hall–Kier alpha value is -2.03. The minimum absolute atomic E-state index is 0.00568. The first-order valence-electron chi connectivity index (χ1n) is 10.4. The van der Waals surface area contributed by atoms with Crippen molar-refractivity contribution < 1.29 is 13.2 Å². The van der Waals surface area contributed by atoms with Gasteiger partial charge in [0.2, 0.25) is 0 Å². The van der Waals surface area contributed by atoms with Gasteiger partial charge in [0.1, 0.15) is 5.82 Å². The number of anilines is 1. The van der Waals surface area contributed by atoms with Gasteiger partial charge in [-0.25, -0.2) is 9.67 Å². The topological polar surface area (TPSA) is 61.8 Å². The molecule has 0 spiro atoms. The first kappa shape index (κ1) is 20.3. The Morgan fingerprint density at radius 2 is 2.07 bits per heavy atom. The number of aromatic amines is 1. The number of rotatable bonds is 4. The van der Waals surface area contributed by atoms with Gasteiger partial charge in [-0.3, -0.25) is 4.90 Å². The van der Waals surface area contributed by atoms with Crippen LogP contribution in [0.4, 0.5) is 19.0 Å². The van der Waals surface area contributed by atoms with E-state index in [4.69, 9.17) is 0 Å². The average Bonchev–Trinajstić information content (AvgIpc) is 3.26.